The van der Waals surface area contributed by atoms with Crippen molar-refractivity contribution in [2.75, 3.05) is 0 Å². The van der Waals surface area contributed by atoms with E-state index in [1.807, 2.05) is 43.4 Å². The van der Waals surface area contributed by atoms with Gasteiger partial charge in [-0.1, -0.05) is 145 Å². The fourth-order valence-electron chi connectivity index (χ4n) is 12.7. The molecule has 4 aromatic heterocycles. The summed E-state index contributed by atoms with van der Waals surface area (Å²) in [7, 11) is 0. The van der Waals surface area contributed by atoms with Crippen molar-refractivity contribution >= 4 is 27.3 Å². The first-order valence-corrected chi connectivity index (χ1v) is 29.4. The minimum atomic E-state index is 0. The van der Waals surface area contributed by atoms with Crippen LogP contribution in [0.1, 0.15) is 55.6 Å². The van der Waals surface area contributed by atoms with Gasteiger partial charge < -0.3 is 4.40 Å². The third-order valence-corrected chi connectivity index (χ3v) is 16.8. The van der Waals surface area contributed by atoms with Crippen LogP contribution in [0.4, 0.5) is 0 Å². The van der Waals surface area contributed by atoms with Crippen molar-refractivity contribution in [1.29, 1.82) is 0 Å². The van der Waals surface area contributed by atoms with E-state index in [0.29, 0.717) is 0 Å². The summed E-state index contributed by atoms with van der Waals surface area (Å²) in [4.78, 5) is 14.0. The molecule has 0 aliphatic heterocycles. The molecule has 0 unspecified atom stereocenters. The fourth-order valence-corrected chi connectivity index (χ4v) is 12.7. The number of para-hydroxylation sites is 3. The molecule has 0 saturated heterocycles. The van der Waals surface area contributed by atoms with E-state index in [1.54, 1.807) is 0 Å². The van der Waals surface area contributed by atoms with Crippen LogP contribution in [-0.2, 0) is 45.8 Å². The average molecular weight is 1290 g/mol. The molecule has 4 heterocycles. The van der Waals surface area contributed by atoms with Crippen LogP contribution in [0.25, 0.3) is 94.7 Å². The molecule has 0 aliphatic rings. The van der Waals surface area contributed by atoms with Gasteiger partial charge in [-0.05, 0) is 140 Å². The topological polar surface area (TPSA) is 52.9 Å². The maximum absolute atomic E-state index is 4.79. The van der Waals surface area contributed by atoms with E-state index in [4.69, 9.17) is 4.98 Å². The number of pyridine rings is 1. The first kappa shape index (κ1) is 56.9. The predicted octanol–water partition coefficient (Wildman–Crippen LogP) is 18.9. The smallest absolute Gasteiger partial charge is 0.333 e. The number of hydrogen-bond acceptors (Lipinski definition) is 3. The van der Waals surface area contributed by atoms with Gasteiger partial charge in [0.05, 0.1) is 53.5 Å². The Balaban J connectivity index is 0.000000231. The zero-order valence-corrected chi connectivity index (χ0v) is 51.8. The van der Waals surface area contributed by atoms with Crippen LogP contribution in [0.15, 0.2) is 238 Å². The first-order valence-electron chi connectivity index (χ1n) is 29.4. The molecule has 0 radical (unpaired) electrons. The van der Waals surface area contributed by atoms with Crippen LogP contribution >= 0.6 is 0 Å². The molecule has 0 bridgehead atoms. The van der Waals surface area contributed by atoms with E-state index in [9.17, 15) is 0 Å². The molecule has 10 aromatic carbocycles. The van der Waals surface area contributed by atoms with Gasteiger partial charge in [-0.25, -0.2) is 9.97 Å². The Kier molecular flexibility index (Phi) is 16.5. The third kappa shape index (κ3) is 11.2. The Bertz CT molecular complexity index is 4510. The summed E-state index contributed by atoms with van der Waals surface area (Å²) < 4.78 is 6.73. The molecule has 0 N–H and O–H groups in total. The van der Waals surface area contributed by atoms with E-state index in [0.717, 1.165) is 76.3 Å². The van der Waals surface area contributed by atoms with Crippen LogP contribution in [0.3, 0.4) is 0 Å². The van der Waals surface area contributed by atoms with E-state index >= 15 is 0 Å². The van der Waals surface area contributed by atoms with Crippen molar-refractivity contribution in [1.82, 2.24) is 28.5 Å². The Hall–Kier alpha value is -9.52. The maximum atomic E-state index is 4.79. The molecule has 0 amide bonds. The summed E-state index contributed by atoms with van der Waals surface area (Å²) >= 11 is 0. The number of rotatable bonds is 13. The van der Waals surface area contributed by atoms with Gasteiger partial charge in [0.25, 0.3) is 0 Å². The Morgan fingerprint density at radius 2 is 0.930 bits per heavy atom. The summed E-state index contributed by atoms with van der Waals surface area (Å²) in [6.07, 6.45) is 13.6. The maximum Gasteiger partial charge on any atom is 3.00 e. The fraction of sp³-hybridized carbons (Fsp3) is 0.127. The van der Waals surface area contributed by atoms with Crippen molar-refractivity contribution in [2.24, 2.45) is 0 Å². The number of nitrogens with zero attached hydrogens (tertiary/aromatic N) is 6. The largest absolute Gasteiger partial charge is 3.00 e. The minimum absolute atomic E-state index is 0. The molecule has 0 saturated carbocycles. The van der Waals surface area contributed by atoms with Gasteiger partial charge in [-0.3, -0.25) is 14.1 Å². The van der Waals surface area contributed by atoms with Gasteiger partial charge in [0, 0.05) is 34.1 Å². The average Bonchev–Trinajstić information content (AvgIpc) is 1.88. The van der Waals surface area contributed by atoms with E-state index in [1.165, 1.54) is 99.7 Å². The van der Waals surface area contributed by atoms with Crippen molar-refractivity contribution in [3.63, 3.8) is 0 Å². The summed E-state index contributed by atoms with van der Waals surface area (Å²) in [6.45, 7) is 13.0. The predicted molar refractivity (Wildman–Crippen MR) is 351 cm³/mol. The van der Waals surface area contributed by atoms with Crippen LogP contribution in [0.5, 0.6) is 0 Å². The second kappa shape index (κ2) is 25.0. The van der Waals surface area contributed by atoms with E-state index in [2.05, 4.69) is 277 Å². The summed E-state index contributed by atoms with van der Waals surface area (Å²) in [5, 5.41) is 3.50. The monoisotopic (exact) mass is 1290 g/mol. The Morgan fingerprint density at radius 1 is 0.407 bits per heavy atom. The second-order valence-corrected chi connectivity index (χ2v) is 22.5. The van der Waals surface area contributed by atoms with Gasteiger partial charge in [0.1, 0.15) is 0 Å². The van der Waals surface area contributed by atoms with E-state index in [-0.39, 0.29) is 20.1 Å². The molecular weight excluding hydrogens is 1230 g/mol. The number of hydrogen-bond donors (Lipinski definition) is 0. The molecule has 0 fully saturated rings. The van der Waals surface area contributed by atoms with Crippen molar-refractivity contribution in [2.45, 2.75) is 67.2 Å². The van der Waals surface area contributed by atoms with Gasteiger partial charge in [0.2, 0.25) is 0 Å². The molecule has 0 spiro atoms. The Morgan fingerprint density at radius 3 is 1.56 bits per heavy atom. The second-order valence-electron chi connectivity index (χ2n) is 22.5. The molecule has 14 rings (SSSR count). The first-order chi connectivity index (χ1) is 41.7. The number of aromatic nitrogens is 6. The van der Waals surface area contributed by atoms with Crippen molar-refractivity contribution < 1.29 is 20.1 Å². The molecule has 6 nitrogen and oxygen atoms in total. The third-order valence-electron chi connectivity index (χ3n) is 16.8. The Labute approximate surface area is 518 Å². The quantitative estimate of drug-likeness (QED) is 0.0854. The van der Waals surface area contributed by atoms with Crippen LogP contribution in [0, 0.1) is 59.7 Å². The molecule has 7 heteroatoms. The standard InChI is InChI=1S/C56H48N4.C23H17N2.Ir/c1-39-14-9-15-40(2)55(39)53-35-57-37-59(53)51-26-7-5-24-49(51)47-22-12-20-45(33-47)30-28-43-18-11-19-44(32-43)29-31-46-21-13-23-48(34-46)50-25-6-8-27-52(50)60-38-58-36-54(60)56-41(3)16-10-17-42(56)4;1-15-8-7-9-16(2)22(15)21-14-24-23-19-12-4-3-10-17(19)18-11-5-6-13-20(18)25(21)23;/h5-12,14-19,21-27,32-38H,28-31H2,1-4H3;3-11,13-14H,1-2H3;/q-2;-1;+3. The zero-order valence-electron chi connectivity index (χ0n) is 49.4. The van der Waals surface area contributed by atoms with Crippen molar-refractivity contribution in [3.8, 4) is 67.4 Å². The molecule has 420 valence electrons. The molecule has 86 heavy (non-hydrogen) atoms. The number of aryl methyl sites for hydroxylation is 10. The molecule has 0 atom stereocenters. The number of imidazole rings is 3. The minimum Gasteiger partial charge on any atom is -0.333 e. The normalized spacial score (nSPS) is 11.2. The SMILES string of the molecule is Cc1cccc(C)c1-c1cnc2c3[c-]cccc3c3ccccc3n12.Cc1cccc(C)c1-c1cncn1-c1ccccc1-c1cc[c-]c(CCc2cccc(CCc3c[c-]cc(-c4ccccc4-n4cncc4-c4c(C)cccc4C)c3)c2)c1.[Ir+3]. The molecular formula is C79H65IrN6. The summed E-state index contributed by atoms with van der Waals surface area (Å²) in [5.74, 6) is 0. The van der Waals surface area contributed by atoms with Gasteiger partial charge in [-0.2, -0.15) is 59.7 Å². The van der Waals surface area contributed by atoms with Crippen LogP contribution in [-0.4, -0.2) is 28.5 Å². The van der Waals surface area contributed by atoms with Crippen LogP contribution < -0.4 is 0 Å². The van der Waals surface area contributed by atoms with Gasteiger partial charge >= 0.3 is 20.1 Å². The molecule has 0 aliphatic carbocycles. The van der Waals surface area contributed by atoms with E-state index < -0.39 is 0 Å². The summed E-state index contributed by atoms with van der Waals surface area (Å²) in [5.41, 5.74) is 28.8. The van der Waals surface area contributed by atoms with Crippen LogP contribution in [0.2, 0.25) is 0 Å². The van der Waals surface area contributed by atoms with Gasteiger partial charge in [-0.15, -0.1) is 40.8 Å². The molecule has 14 aromatic rings. The zero-order chi connectivity index (χ0) is 58.0. The van der Waals surface area contributed by atoms with Gasteiger partial charge in [0.15, 0.2) is 0 Å². The summed E-state index contributed by atoms with van der Waals surface area (Å²) in [6, 6.07) is 83.9. The number of fused-ring (bicyclic) bond motifs is 6. The van der Waals surface area contributed by atoms with Crippen molar-refractivity contribution in [3.05, 3.63) is 311 Å². The number of benzene rings is 10.